The van der Waals surface area contributed by atoms with Crippen LogP contribution in [0, 0.1) is 11.3 Å². The molecule has 0 bridgehead atoms. The average Bonchev–Trinajstić information content (AvgIpc) is 2.43. The van der Waals surface area contributed by atoms with Crippen LogP contribution in [0.1, 0.15) is 25.3 Å². The predicted octanol–water partition coefficient (Wildman–Crippen LogP) is 2.46. The minimum Gasteiger partial charge on any atom is -0.386 e. The van der Waals surface area contributed by atoms with Crippen molar-refractivity contribution in [3.05, 3.63) is 36.0 Å². The van der Waals surface area contributed by atoms with E-state index in [0.29, 0.717) is 18.7 Å². The molecule has 1 saturated heterocycles. The number of hydrogen-bond donors (Lipinski definition) is 1. The molecule has 1 fully saturated rings. The Balaban J connectivity index is 2.02. The molecule has 20 heavy (non-hydrogen) atoms. The third-order valence-corrected chi connectivity index (χ3v) is 3.87. The molecule has 4 nitrogen and oxygen atoms in total. The zero-order valence-electron chi connectivity index (χ0n) is 11.5. The van der Waals surface area contributed by atoms with Crippen molar-refractivity contribution in [3.8, 4) is 6.07 Å². The first-order valence-corrected chi connectivity index (χ1v) is 6.92. The summed E-state index contributed by atoms with van der Waals surface area (Å²) in [7, 11) is 0. The number of fused-ring (bicyclic) bond motifs is 1. The summed E-state index contributed by atoms with van der Waals surface area (Å²) in [6.45, 7) is 3.25. The lowest BCUT2D eigenvalue weighted by Crippen LogP contribution is -2.62. The fraction of sp³-hybridized carbons (Fsp3) is 0.375. The zero-order chi connectivity index (χ0) is 14.2. The molecule has 3 rings (SSSR count). The molecule has 2 aromatic rings. The van der Waals surface area contributed by atoms with Gasteiger partial charge in [-0.1, -0.05) is 31.5 Å². The van der Waals surface area contributed by atoms with E-state index in [-0.39, 0.29) is 0 Å². The van der Waals surface area contributed by atoms with Crippen LogP contribution in [0.5, 0.6) is 0 Å². The molecule has 1 aromatic carbocycles. The highest BCUT2D eigenvalue weighted by Gasteiger charge is 2.41. The van der Waals surface area contributed by atoms with Crippen LogP contribution in [-0.4, -0.2) is 28.8 Å². The van der Waals surface area contributed by atoms with Gasteiger partial charge in [-0.15, -0.1) is 0 Å². The first kappa shape index (κ1) is 12.9. The van der Waals surface area contributed by atoms with Crippen molar-refractivity contribution < 1.29 is 5.11 Å². The maximum Gasteiger partial charge on any atom is 0.103 e. The normalized spacial score (nSPS) is 16.8. The Morgan fingerprint density at radius 1 is 1.40 bits per heavy atom. The van der Waals surface area contributed by atoms with Crippen molar-refractivity contribution in [2.24, 2.45) is 0 Å². The van der Waals surface area contributed by atoms with Crippen LogP contribution >= 0.6 is 0 Å². The summed E-state index contributed by atoms with van der Waals surface area (Å²) in [5.74, 6) is 0. The highest BCUT2D eigenvalue weighted by molar-refractivity contribution is 5.94. The van der Waals surface area contributed by atoms with Gasteiger partial charge in [0.05, 0.1) is 22.4 Å². The standard InChI is InChI=1S/C16H17N3O/c1-2-7-16(20)10-19(11-16)15-12(8-17)9-18-14-6-4-3-5-13(14)15/h3-6,9,20H,2,7,10-11H2,1H3. The SMILES string of the molecule is CCCC1(O)CN(c2c(C#N)cnc3ccccc23)C1. The maximum absolute atomic E-state index is 10.3. The molecular weight excluding hydrogens is 250 g/mol. The van der Waals surface area contributed by atoms with Crippen LogP contribution < -0.4 is 4.90 Å². The van der Waals surface area contributed by atoms with Gasteiger partial charge in [-0.25, -0.2) is 0 Å². The highest BCUT2D eigenvalue weighted by atomic mass is 16.3. The van der Waals surface area contributed by atoms with Gasteiger partial charge in [0.15, 0.2) is 0 Å². The molecule has 4 heteroatoms. The van der Waals surface area contributed by atoms with Crippen molar-refractivity contribution in [1.29, 1.82) is 5.26 Å². The number of aromatic nitrogens is 1. The molecule has 0 amide bonds. The van der Waals surface area contributed by atoms with Gasteiger partial charge in [0.1, 0.15) is 6.07 Å². The number of benzene rings is 1. The Bertz CT molecular complexity index is 684. The lowest BCUT2D eigenvalue weighted by atomic mass is 9.88. The topological polar surface area (TPSA) is 60.1 Å². The van der Waals surface area contributed by atoms with Crippen LogP contribution in [0.15, 0.2) is 30.5 Å². The highest BCUT2D eigenvalue weighted by Crippen LogP contribution is 2.36. The fourth-order valence-corrected chi connectivity index (χ4v) is 3.00. The van der Waals surface area contributed by atoms with Gasteiger partial charge < -0.3 is 10.0 Å². The molecule has 1 aliphatic heterocycles. The number of hydrogen-bond acceptors (Lipinski definition) is 4. The minimum absolute atomic E-state index is 0.572. The molecule has 1 aliphatic rings. The third kappa shape index (κ3) is 2.00. The fourth-order valence-electron chi connectivity index (χ4n) is 3.00. The number of rotatable bonds is 3. The smallest absolute Gasteiger partial charge is 0.103 e. The Labute approximate surface area is 118 Å². The first-order valence-electron chi connectivity index (χ1n) is 6.92. The molecular formula is C16H17N3O. The number of para-hydroxylation sites is 1. The second kappa shape index (κ2) is 4.77. The Morgan fingerprint density at radius 3 is 2.85 bits per heavy atom. The monoisotopic (exact) mass is 267 g/mol. The molecule has 2 heterocycles. The summed E-state index contributed by atoms with van der Waals surface area (Å²) < 4.78 is 0. The minimum atomic E-state index is -0.605. The molecule has 0 spiro atoms. The maximum atomic E-state index is 10.3. The molecule has 102 valence electrons. The quantitative estimate of drug-likeness (QED) is 0.928. The molecule has 0 unspecified atom stereocenters. The summed E-state index contributed by atoms with van der Waals surface area (Å²) in [5.41, 5.74) is 1.75. The number of pyridine rings is 1. The van der Waals surface area contributed by atoms with E-state index in [1.54, 1.807) is 6.20 Å². The Morgan fingerprint density at radius 2 is 2.15 bits per heavy atom. The van der Waals surface area contributed by atoms with Crippen LogP contribution in [0.3, 0.4) is 0 Å². The van der Waals surface area contributed by atoms with Crippen molar-refractivity contribution >= 4 is 16.6 Å². The van der Waals surface area contributed by atoms with Crippen molar-refractivity contribution in [1.82, 2.24) is 4.98 Å². The van der Waals surface area contributed by atoms with E-state index in [9.17, 15) is 10.4 Å². The van der Waals surface area contributed by atoms with E-state index < -0.39 is 5.60 Å². The van der Waals surface area contributed by atoms with Crippen LogP contribution in [0.2, 0.25) is 0 Å². The molecule has 0 aliphatic carbocycles. The van der Waals surface area contributed by atoms with E-state index in [4.69, 9.17) is 0 Å². The van der Waals surface area contributed by atoms with Gasteiger partial charge in [-0.05, 0) is 12.5 Å². The van der Waals surface area contributed by atoms with E-state index in [2.05, 4.69) is 22.9 Å². The number of nitrogens with zero attached hydrogens (tertiary/aromatic N) is 3. The van der Waals surface area contributed by atoms with Crippen molar-refractivity contribution in [2.75, 3.05) is 18.0 Å². The third-order valence-electron chi connectivity index (χ3n) is 3.87. The van der Waals surface area contributed by atoms with E-state index in [1.165, 1.54) is 0 Å². The average molecular weight is 267 g/mol. The van der Waals surface area contributed by atoms with E-state index >= 15 is 0 Å². The van der Waals surface area contributed by atoms with Crippen LogP contribution in [0.25, 0.3) is 10.9 Å². The first-order chi connectivity index (χ1) is 9.67. The van der Waals surface area contributed by atoms with Gasteiger partial charge in [-0.2, -0.15) is 5.26 Å². The largest absolute Gasteiger partial charge is 0.386 e. The molecule has 1 aromatic heterocycles. The summed E-state index contributed by atoms with van der Waals surface area (Å²) in [6, 6.07) is 10.0. The molecule has 0 saturated carbocycles. The Hall–Kier alpha value is -2.12. The van der Waals surface area contributed by atoms with Gasteiger partial charge in [0.25, 0.3) is 0 Å². The Kier molecular flexibility index (Phi) is 3.07. The summed E-state index contributed by atoms with van der Waals surface area (Å²) in [6.07, 6.45) is 3.38. The number of aliphatic hydroxyl groups is 1. The van der Waals surface area contributed by atoms with Crippen molar-refractivity contribution in [2.45, 2.75) is 25.4 Å². The van der Waals surface area contributed by atoms with Crippen molar-refractivity contribution in [3.63, 3.8) is 0 Å². The lowest BCUT2D eigenvalue weighted by molar-refractivity contribution is 0.00353. The summed E-state index contributed by atoms with van der Waals surface area (Å²) in [4.78, 5) is 6.40. The molecule has 1 N–H and O–H groups in total. The zero-order valence-corrected chi connectivity index (χ0v) is 11.5. The van der Waals surface area contributed by atoms with Gasteiger partial charge >= 0.3 is 0 Å². The summed E-state index contributed by atoms with van der Waals surface area (Å²) in [5, 5.41) is 20.6. The van der Waals surface area contributed by atoms with Gasteiger partial charge in [0.2, 0.25) is 0 Å². The van der Waals surface area contributed by atoms with Crippen LogP contribution in [0.4, 0.5) is 5.69 Å². The van der Waals surface area contributed by atoms with Gasteiger partial charge in [-0.3, -0.25) is 4.98 Å². The van der Waals surface area contributed by atoms with Crippen LogP contribution in [-0.2, 0) is 0 Å². The number of anilines is 1. The second-order valence-electron chi connectivity index (χ2n) is 5.48. The number of β-amino-alcohol motifs (C(OH)–C–C–N with tert-alkyl or cyclic N) is 1. The molecule has 0 atom stereocenters. The predicted molar refractivity (Wildman–Crippen MR) is 78.5 cm³/mol. The van der Waals surface area contributed by atoms with E-state index in [0.717, 1.165) is 29.4 Å². The number of nitriles is 1. The lowest BCUT2D eigenvalue weighted by Gasteiger charge is -2.48. The van der Waals surface area contributed by atoms with Gasteiger partial charge in [0, 0.05) is 24.7 Å². The summed E-state index contributed by atoms with van der Waals surface area (Å²) >= 11 is 0. The molecule has 0 radical (unpaired) electrons. The second-order valence-corrected chi connectivity index (χ2v) is 5.48. The van der Waals surface area contributed by atoms with E-state index in [1.807, 2.05) is 24.3 Å².